The molecule has 21 nitrogen and oxygen atoms in total. The first-order valence-corrected chi connectivity index (χ1v) is 20.3. The second kappa shape index (κ2) is 17.1. The number of carbonyl (C=O) groups excluding carboxylic acids is 8. The van der Waals surface area contributed by atoms with Crippen molar-refractivity contribution in [2.75, 3.05) is 13.2 Å². The first-order chi connectivity index (χ1) is 29.8. The number of hydrogen-bond donors (Lipinski definition) is 1. The largest absolute Gasteiger partial charge is 0.465 e. The molecule has 1 spiro atoms. The third kappa shape index (κ3) is 7.66. The first kappa shape index (κ1) is 47.3. The SMILES string of the molecule is CC(=O)OC[C@]12[C@H](OC(C)=O)[C@H](OC(C)=O)[C@@H]3[C@@H](OC(C)=O)[C@@]14O[C@@]3(C)COC(=O)c1cccnc1C(C)C(C)C(=O)O[C@@H]([C@H](OC(C)=O)[C@@H]2OC(=O)c1ccc(=O)n(C)c1)[C@]4(C)O. The van der Waals surface area contributed by atoms with Gasteiger partial charge in [-0.1, -0.05) is 13.8 Å². The van der Waals surface area contributed by atoms with Gasteiger partial charge in [0.1, 0.15) is 42.0 Å². The summed E-state index contributed by atoms with van der Waals surface area (Å²) in [5, 5.41) is 13.6. The van der Waals surface area contributed by atoms with Crippen LogP contribution in [0.25, 0.3) is 0 Å². The Balaban J connectivity index is 1.81. The fraction of sp³-hybridized carbons (Fsp3) is 0.581. The average molecular weight is 899 g/mol. The summed E-state index contributed by atoms with van der Waals surface area (Å²) in [6.07, 6.45) is -10.1. The van der Waals surface area contributed by atoms with Gasteiger partial charge in [0.2, 0.25) is 5.56 Å². The Morgan fingerprint density at radius 2 is 1.39 bits per heavy atom. The van der Waals surface area contributed by atoms with Gasteiger partial charge in [0, 0.05) is 66.0 Å². The van der Waals surface area contributed by atoms with Gasteiger partial charge in [-0.3, -0.25) is 38.5 Å². The summed E-state index contributed by atoms with van der Waals surface area (Å²) in [5.41, 5.74) is -11.4. The highest BCUT2D eigenvalue weighted by Crippen LogP contribution is 2.70. The first-order valence-electron chi connectivity index (χ1n) is 20.3. The molecule has 2 aromatic rings. The van der Waals surface area contributed by atoms with E-state index >= 15 is 0 Å². The van der Waals surface area contributed by atoms with Crippen molar-refractivity contribution in [1.29, 1.82) is 0 Å². The Bertz CT molecular complexity index is 2340. The van der Waals surface area contributed by atoms with Gasteiger partial charge in [0.25, 0.3) is 0 Å². The van der Waals surface area contributed by atoms with Crippen molar-refractivity contribution < 1.29 is 86.1 Å². The molecule has 21 heteroatoms. The fourth-order valence-electron chi connectivity index (χ4n) is 9.97. The van der Waals surface area contributed by atoms with Gasteiger partial charge in [-0.15, -0.1) is 0 Å². The van der Waals surface area contributed by atoms with Crippen LogP contribution in [0, 0.1) is 17.3 Å². The Morgan fingerprint density at radius 1 is 0.797 bits per heavy atom. The summed E-state index contributed by atoms with van der Waals surface area (Å²) >= 11 is 0. The molecule has 6 rings (SSSR count). The van der Waals surface area contributed by atoms with E-state index in [1.807, 2.05) is 0 Å². The van der Waals surface area contributed by atoms with Crippen molar-refractivity contribution in [2.24, 2.45) is 24.3 Å². The number of ether oxygens (including phenoxy) is 9. The van der Waals surface area contributed by atoms with E-state index in [9.17, 15) is 48.3 Å². The lowest BCUT2D eigenvalue weighted by atomic mass is 9.45. The predicted molar refractivity (Wildman–Crippen MR) is 210 cm³/mol. The Kier molecular flexibility index (Phi) is 12.6. The summed E-state index contributed by atoms with van der Waals surface area (Å²) in [7, 11) is 1.33. The van der Waals surface area contributed by atoms with Crippen LogP contribution in [-0.2, 0) is 78.4 Å². The van der Waals surface area contributed by atoms with E-state index in [-0.39, 0.29) is 16.8 Å². The molecule has 2 unspecified atom stereocenters. The Labute approximate surface area is 365 Å². The van der Waals surface area contributed by atoms with E-state index in [4.69, 9.17) is 42.6 Å². The van der Waals surface area contributed by atoms with Gasteiger partial charge in [0.15, 0.2) is 30.0 Å². The normalized spacial score (nSPS) is 35.3. The molecule has 1 saturated heterocycles. The molecular formula is C43H50N2O19. The number of aryl methyl sites for hydroxylation is 1. The molecule has 4 aliphatic rings. The molecule has 3 fully saturated rings. The van der Waals surface area contributed by atoms with Gasteiger partial charge in [-0.2, -0.15) is 0 Å². The minimum absolute atomic E-state index is 0.0696. The predicted octanol–water partition coefficient (Wildman–Crippen LogP) is 1.03. The lowest BCUT2D eigenvalue weighted by Gasteiger charge is -2.67. The van der Waals surface area contributed by atoms with E-state index in [0.29, 0.717) is 0 Å². The molecular weight excluding hydrogens is 848 g/mol. The standard InChI is InChI=1S/C43H50N2O19/c1-19-20(2)37(52)62-34-32(59-23(5)48)36(63-38(53)26-13-14-28(51)45(10)16-26)42(18-56-21(3)46)35(61-25(7)50)31(58-22(4)47)29-33(60-24(6)49)43(42,41(34,9)55)64-40(29,8)17-57-39(54)27-12-11-15-44-30(19)27/h11-16,19-20,29,31-36,55H,17-18H2,1-10H3/t19?,20?,29-,31-,32+,33-,34+,35-,36+,40+,41+,42-,43+/m1/s1. The second-order valence-electron chi connectivity index (χ2n) is 17.0. The van der Waals surface area contributed by atoms with Gasteiger partial charge < -0.3 is 52.3 Å². The highest BCUT2D eigenvalue weighted by atomic mass is 16.7. The van der Waals surface area contributed by atoms with Crippen LogP contribution < -0.4 is 5.56 Å². The van der Waals surface area contributed by atoms with Crippen LogP contribution >= 0.6 is 0 Å². The van der Waals surface area contributed by atoms with E-state index < -0.39 is 143 Å². The number of aliphatic hydroxyl groups is 1. The third-order valence-electron chi connectivity index (χ3n) is 12.7. The number of pyridine rings is 2. The number of carbonyl (C=O) groups is 8. The molecule has 13 atom stereocenters. The summed E-state index contributed by atoms with van der Waals surface area (Å²) in [4.78, 5) is 127. The number of hydrogen-bond acceptors (Lipinski definition) is 20. The average Bonchev–Trinajstić information content (AvgIpc) is 3.42. The maximum Gasteiger partial charge on any atom is 0.340 e. The van der Waals surface area contributed by atoms with Crippen molar-refractivity contribution in [3.05, 3.63) is 63.8 Å². The molecule has 2 aliphatic carbocycles. The van der Waals surface area contributed by atoms with Gasteiger partial charge in [-0.25, -0.2) is 9.59 Å². The highest BCUT2D eigenvalue weighted by Gasteiger charge is 2.92. The summed E-state index contributed by atoms with van der Waals surface area (Å²) < 4.78 is 56.4. The van der Waals surface area contributed by atoms with E-state index in [1.165, 1.54) is 39.2 Å². The minimum atomic E-state index is -2.91. The lowest BCUT2D eigenvalue weighted by Crippen LogP contribution is -2.89. The van der Waals surface area contributed by atoms with Crippen LogP contribution in [0.4, 0.5) is 0 Å². The molecule has 64 heavy (non-hydrogen) atoms. The van der Waals surface area contributed by atoms with E-state index in [2.05, 4.69) is 4.98 Å². The molecule has 2 aromatic heterocycles. The molecule has 4 heterocycles. The van der Waals surface area contributed by atoms with Crippen LogP contribution in [0.3, 0.4) is 0 Å². The maximum absolute atomic E-state index is 14.6. The quantitative estimate of drug-likeness (QED) is 0.286. The van der Waals surface area contributed by atoms with Crippen LogP contribution in [0.15, 0.2) is 41.5 Å². The van der Waals surface area contributed by atoms with E-state index in [1.54, 1.807) is 6.92 Å². The van der Waals surface area contributed by atoms with Crippen molar-refractivity contribution in [1.82, 2.24) is 9.55 Å². The molecule has 0 radical (unpaired) electrons. The van der Waals surface area contributed by atoms with Gasteiger partial charge in [-0.05, 0) is 32.0 Å². The molecule has 2 saturated carbocycles. The number of fused-ring (bicyclic) bond motifs is 5. The number of rotatable bonds is 8. The lowest BCUT2D eigenvalue weighted by molar-refractivity contribution is -0.385. The van der Waals surface area contributed by atoms with E-state index in [0.717, 1.165) is 64.4 Å². The molecule has 4 bridgehead atoms. The zero-order valence-corrected chi connectivity index (χ0v) is 36.8. The zero-order chi connectivity index (χ0) is 47.4. The van der Waals surface area contributed by atoms with Crippen LogP contribution in [0.1, 0.15) is 94.6 Å². The zero-order valence-electron chi connectivity index (χ0n) is 36.8. The van der Waals surface area contributed by atoms with Crippen molar-refractivity contribution >= 4 is 47.8 Å². The minimum Gasteiger partial charge on any atom is -0.465 e. The van der Waals surface area contributed by atoms with Crippen LogP contribution in [0.2, 0.25) is 0 Å². The molecule has 0 aromatic carbocycles. The van der Waals surface area contributed by atoms with Crippen LogP contribution in [0.5, 0.6) is 0 Å². The number of aromatic nitrogens is 2. The van der Waals surface area contributed by atoms with Crippen molar-refractivity contribution in [3.63, 3.8) is 0 Å². The molecule has 346 valence electrons. The smallest absolute Gasteiger partial charge is 0.340 e. The number of nitrogens with zero attached hydrogens (tertiary/aromatic N) is 2. The molecule has 1 N–H and O–H groups in total. The Morgan fingerprint density at radius 3 is 1.98 bits per heavy atom. The Hall–Kier alpha value is -6.22. The van der Waals surface area contributed by atoms with Crippen LogP contribution in [-0.4, -0.2) is 129 Å². The molecule has 0 amide bonds. The van der Waals surface area contributed by atoms with Crippen molar-refractivity contribution in [3.8, 4) is 0 Å². The fourth-order valence-corrected chi connectivity index (χ4v) is 9.97. The topological polar surface area (TPSA) is 275 Å². The summed E-state index contributed by atoms with van der Waals surface area (Å²) in [6.45, 7) is 8.37. The van der Waals surface area contributed by atoms with Gasteiger partial charge in [0.05, 0.1) is 28.7 Å². The maximum atomic E-state index is 14.6. The second-order valence-corrected chi connectivity index (χ2v) is 17.0. The summed E-state index contributed by atoms with van der Waals surface area (Å²) in [6, 6.07) is 5.01. The highest BCUT2D eigenvalue weighted by molar-refractivity contribution is 5.91. The number of esters is 8. The van der Waals surface area contributed by atoms with Crippen molar-refractivity contribution in [2.45, 2.75) is 122 Å². The monoisotopic (exact) mass is 898 g/mol. The third-order valence-corrected chi connectivity index (χ3v) is 12.7. The summed E-state index contributed by atoms with van der Waals surface area (Å²) in [5.74, 6) is -12.3. The number of cyclic esters (lactones) is 1. The van der Waals surface area contributed by atoms with Gasteiger partial charge >= 0.3 is 47.8 Å². The molecule has 2 aliphatic heterocycles.